The SMILES string of the molecule is COc1ccc(SC(NC(=O)c2ccccc2)c2ccc(OC)cc2)cc1. The van der Waals surface area contributed by atoms with Crippen molar-refractivity contribution >= 4 is 17.7 Å². The number of methoxy groups -OCH3 is 2. The zero-order chi connectivity index (χ0) is 19.1. The van der Waals surface area contributed by atoms with E-state index in [0.717, 1.165) is 22.0 Å². The lowest BCUT2D eigenvalue weighted by atomic mass is 10.2. The second-order valence-electron chi connectivity index (χ2n) is 5.79. The van der Waals surface area contributed by atoms with Crippen LogP contribution >= 0.6 is 11.8 Å². The minimum atomic E-state index is -0.239. The minimum absolute atomic E-state index is 0.113. The summed E-state index contributed by atoms with van der Waals surface area (Å²) in [6, 6.07) is 24.7. The first-order chi connectivity index (χ1) is 13.2. The van der Waals surface area contributed by atoms with E-state index < -0.39 is 0 Å². The molecule has 0 saturated carbocycles. The molecule has 1 N–H and O–H groups in total. The summed E-state index contributed by atoms with van der Waals surface area (Å²) in [6.45, 7) is 0. The average Bonchev–Trinajstić information content (AvgIpc) is 2.74. The summed E-state index contributed by atoms with van der Waals surface area (Å²) < 4.78 is 10.4. The summed E-state index contributed by atoms with van der Waals surface area (Å²) >= 11 is 1.57. The quantitative estimate of drug-likeness (QED) is 0.467. The molecular weight excluding hydrogens is 358 g/mol. The van der Waals surface area contributed by atoms with Crippen LogP contribution < -0.4 is 14.8 Å². The lowest BCUT2D eigenvalue weighted by Crippen LogP contribution is -2.26. The number of hydrogen-bond donors (Lipinski definition) is 1. The van der Waals surface area contributed by atoms with Crippen molar-refractivity contribution in [3.63, 3.8) is 0 Å². The standard InChI is InChI=1S/C22H21NO3S/c1-25-18-10-8-17(9-11-18)22(23-21(24)16-6-4-3-5-7-16)27-20-14-12-19(26-2)13-15-20/h3-15,22H,1-2H3,(H,23,24). The Labute approximate surface area is 163 Å². The van der Waals surface area contributed by atoms with Gasteiger partial charge >= 0.3 is 0 Å². The van der Waals surface area contributed by atoms with Gasteiger partial charge in [0.2, 0.25) is 0 Å². The molecule has 1 unspecified atom stereocenters. The first kappa shape index (κ1) is 18.9. The molecular formula is C22H21NO3S. The fraction of sp³-hybridized carbons (Fsp3) is 0.136. The Hall–Kier alpha value is -2.92. The average molecular weight is 379 g/mol. The molecule has 4 nitrogen and oxygen atoms in total. The van der Waals surface area contributed by atoms with E-state index in [1.807, 2.05) is 66.7 Å². The van der Waals surface area contributed by atoms with Crippen LogP contribution in [-0.4, -0.2) is 20.1 Å². The maximum absolute atomic E-state index is 12.7. The summed E-state index contributed by atoms with van der Waals surface area (Å²) in [4.78, 5) is 13.7. The van der Waals surface area contributed by atoms with E-state index in [4.69, 9.17) is 9.47 Å². The molecule has 5 heteroatoms. The van der Waals surface area contributed by atoms with Gasteiger partial charge in [-0.15, -0.1) is 0 Å². The molecule has 0 radical (unpaired) electrons. The minimum Gasteiger partial charge on any atom is -0.497 e. The van der Waals surface area contributed by atoms with Crippen molar-refractivity contribution in [2.24, 2.45) is 0 Å². The summed E-state index contributed by atoms with van der Waals surface area (Å²) in [5.74, 6) is 1.47. The van der Waals surface area contributed by atoms with Gasteiger partial charge in [0, 0.05) is 10.5 Å². The van der Waals surface area contributed by atoms with Gasteiger partial charge in [0.1, 0.15) is 16.9 Å². The number of rotatable bonds is 7. The van der Waals surface area contributed by atoms with E-state index in [1.165, 1.54) is 0 Å². The molecule has 3 aromatic rings. The van der Waals surface area contributed by atoms with Crippen LogP contribution in [0.25, 0.3) is 0 Å². The highest BCUT2D eigenvalue weighted by molar-refractivity contribution is 7.99. The van der Waals surface area contributed by atoms with Gasteiger partial charge in [-0.25, -0.2) is 0 Å². The van der Waals surface area contributed by atoms with Gasteiger partial charge in [-0.05, 0) is 54.1 Å². The number of ether oxygens (including phenoxy) is 2. The Morgan fingerprint density at radius 3 is 1.93 bits per heavy atom. The molecule has 0 aliphatic carbocycles. The predicted octanol–water partition coefficient (Wildman–Crippen LogP) is 4.92. The highest BCUT2D eigenvalue weighted by Gasteiger charge is 2.17. The molecule has 0 bridgehead atoms. The van der Waals surface area contributed by atoms with E-state index in [-0.39, 0.29) is 11.3 Å². The first-order valence-corrected chi connectivity index (χ1v) is 9.38. The lowest BCUT2D eigenvalue weighted by Gasteiger charge is -2.19. The Morgan fingerprint density at radius 2 is 1.37 bits per heavy atom. The van der Waals surface area contributed by atoms with E-state index in [1.54, 1.807) is 38.1 Å². The highest BCUT2D eigenvalue weighted by Crippen LogP contribution is 2.35. The van der Waals surface area contributed by atoms with Gasteiger partial charge in [-0.1, -0.05) is 42.1 Å². The molecule has 138 valence electrons. The summed E-state index contributed by atoms with van der Waals surface area (Å²) in [5.41, 5.74) is 1.62. The van der Waals surface area contributed by atoms with Crippen LogP contribution in [0.5, 0.6) is 11.5 Å². The number of benzene rings is 3. The third-order valence-electron chi connectivity index (χ3n) is 4.03. The second-order valence-corrected chi connectivity index (χ2v) is 6.96. The number of carbonyl (C=O) groups is 1. The summed E-state index contributed by atoms with van der Waals surface area (Å²) in [5, 5.41) is 2.88. The largest absolute Gasteiger partial charge is 0.497 e. The van der Waals surface area contributed by atoms with Gasteiger partial charge in [-0.3, -0.25) is 4.79 Å². The van der Waals surface area contributed by atoms with Crippen LogP contribution in [0.15, 0.2) is 83.8 Å². The number of nitrogens with one attached hydrogen (secondary N) is 1. The van der Waals surface area contributed by atoms with Crippen molar-refractivity contribution < 1.29 is 14.3 Å². The molecule has 0 heterocycles. The van der Waals surface area contributed by atoms with Crippen molar-refractivity contribution in [1.82, 2.24) is 5.32 Å². The van der Waals surface area contributed by atoms with E-state index in [9.17, 15) is 4.79 Å². The molecule has 0 aromatic heterocycles. The molecule has 3 aromatic carbocycles. The summed E-state index contributed by atoms with van der Waals surface area (Å²) in [6.07, 6.45) is 0. The van der Waals surface area contributed by atoms with E-state index in [0.29, 0.717) is 5.56 Å². The zero-order valence-corrected chi connectivity index (χ0v) is 16.0. The van der Waals surface area contributed by atoms with Gasteiger partial charge in [0.25, 0.3) is 5.91 Å². The predicted molar refractivity (Wildman–Crippen MR) is 108 cm³/mol. The van der Waals surface area contributed by atoms with Crippen LogP contribution in [0.4, 0.5) is 0 Å². The van der Waals surface area contributed by atoms with Crippen LogP contribution in [0.3, 0.4) is 0 Å². The molecule has 27 heavy (non-hydrogen) atoms. The fourth-order valence-electron chi connectivity index (χ4n) is 2.54. The first-order valence-electron chi connectivity index (χ1n) is 8.50. The highest BCUT2D eigenvalue weighted by atomic mass is 32.2. The van der Waals surface area contributed by atoms with Crippen LogP contribution in [0.1, 0.15) is 21.3 Å². The van der Waals surface area contributed by atoms with Gasteiger partial charge in [0.05, 0.1) is 14.2 Å². The molecule has 0 fully saturated rings. The third-order valence-corrected chi connectivity index (χ3v) is 5.20. The van der Waals surface area contributed by atoms with Crippen molar-refractivity contribution in [3.05, 3.63) is 90.0 Å². The van der Waals surface area contributed by atoms with Gasteiger partial charge in [-0.2, -0.15) is 0 Å². The topological polar surface area (TPSA) is 47.6 Å². The Bertz CT molecular complexity index is 864. The summed E-state index contributed by atoms with van der Waals surface area (Å²) in [7, 11) is 3.28. The molecule has 0 aliphatic heterocycles. The maximum atomic E-state index is 12.7. The van der Waals surface area contributed by atoms with Gasteiger partial charge in [0.15, 0.2) is 0 Å². The van der Waals surface area contributed by atoms with Crippen molar-refractivity contribution in [2.75, 3.05) is 14.2 Å². The fourth-order valence-corrected chi connectivity index (χ4v) is 3.57. The maximum Gasteiger partial charge on any atom is 0.252 e. The smallest absolute Gasteiger partial charge is 0.252 e. The molecule has 3 rings (SSSR count). The molecule has 1 atom stereocenters. The van der Waals surface area contributed by atoms with Crippen molar-refractivity contribution in [3.8, 4) is 11.5 Å². The molecule has 0 spiro atoms. The van der Waals surface area contributed by atoms with E-state index in [2.05, 4.69) is 5.32 Å². The molecule has 0 saturated heterocycles. The number of hydrogen-bond acceptors (Lipinski definition) is 4. The number of carbonyl (C=O) groups excluding carboxylic acids is 1. The Kier molecular flexibility index (Phi) is 6.39. The number of thioether (sulfide) groups is 1. The van der Waals surface area contributed by atoms with Crippen LogP contribution in [0, 0.1) is 0 Å². The second kappa shape index (κ2) is 9.14. The normalized spacial score (nSPS) is 11.5. The van der Waals surface area contributed by atoms with Crippen molar-refractivity contribution in [1.29, 1.82) is 0 Å². The Balaban J connectivity index is 1.83. The van der Waals surface area contributed by atoms with Crippen LogP contribution in [0.2, 0.25) is 0 Å². The van der Waals surface area contributed by atoms with Crippen molar-refractivity contribution in [2.45, 2.75) is 10.3 Å². The lowest BCUT2D eigenvalue weighted by molar-refractivity contribution is 0.0949. The van der Waals surface area contributed by atoms with E-state index >= 15 is 0 Å². The van der Waals surface area contributed by atoms with Crippen LogP contribution in [-0.2, 0) is 0 Å². The number of amides is 1. The molecule has 1 amide bonds. The third kappa shape index (κ3) is 5.05. The Morgan fingerprint density at radius 1 is 0.815 bits per heavy atom. The van der Waals surface area contributed by atoms with Gasteiger partial charge < -0.3 is 14.8 Å². The molecule has 0 aliphatic rings. The zero-order valence-electron chi connectivity index (χ0n) is 15.2. The monoisotopic (exact) mass is 379 g/mol.